The highest BCUT2D eigenvalue weighted by molar-refractivity contribution is 7.09. The number of hydrogen-bond donors (Lipinski definition) is 2. The predicted octanol–water partition coefficient (Wildman–Crippen LogP) is 3.91. The van der Waals surface area contributed by atoms with Crippen molar-refractivity contribution in [3.05, 3.63) is 22.4 Å². The van der Waals surface area contributed by atoms with Crippen molar-refractivity contribution in [2.45, 2.75) is 63.8 Å². The number of thiophene rings is 1. The Morgan fingerprint density at radius 1 is 1.27 bits per heavy atom. The van der Waals surface area contributed by atoms with E-state index in [4.69, 9.17) is 5.73 Å². The second-order valence-electron chi connectivity index (χ2n) is 6.09. The number of amides is 1. The zero-order valence-corrected chi connectivity index (χ0v) is 14.9. The molecule has 0 radical (unpaired) electrons. The van der Waals surface area contributed by atoms with Gasteiger partial charge in [0.1, 0.15) is 0 Å². The van der Waals surface area contributed by atoms with Gasteiger partial charge in [-0.3, -0.25) is 4.79 Å². The minimum absolute atomic E-state index is 0. The zero-order chi connectivity index (χ0) is 14.9. The minimum atomic E-state index is 0. The van der Waals surface area contributed by atoms with Crippen molar-refractivity contribution in [2.24, 2.45) is 11.7 Å². The maximum atomic E-state index is 12.0. The van der Waals surface area contributed by atoms with Crippen LogP contribution < -0.4 is 11.1 Å². The van der Waals surface area contributed by atoms with Crippen LogP contribution in [0.4, 0.5) is 0 Å². The second kappa shape index (κ2) is 11.0. The van der Waals surface area contributed by atoms with Crippen LogP contribution in [-0.2, 0) is 11.2 Å². The molecule has 22 heavy (non-hydrogen) atoms. The quantitative estimate of drug-likeness (QED) is 0.702. The van der Waals surface area contributed by atoms with Crippen LogP contribution in [0.3, 0.4) is 0 Å². The second-order valence-corrected chi connectivity index (χ2v) is 7.13. The third-order valence-electron chi connectivity index (χ3n) is 4.47. The molecule has 1 heterocycles. The molecule has 5 heteroatoms. The molecule has 1 aromatic rings. The van der Waals surface area contributed by atoms with E-state index in [1.807, 2.05) is 11.3 Å². The number of nitrogens with one attached hydrogen (secondary N) is 1. The zero-order valence-electron chi connectivity index (χ0n) is 13.3. The summed E-state index contributed by atoms with van der Waals surface area (Å²) in [4.78, 5) is 13.5. The lowest BCUT2D eigenvalue weighted by atomic mass is 9.84. The van der Waals surface area contributed by atoms with Gasteiger partial charge in [-0.15, -0.1) is 23.7 Å². The monoisotopic (exact) mass is 344 g/mol. The molecule has 1 fully saturated rings. The Balaban J connectivity index is 0.00000242. The molecule has 2 rings (SSSR count). The van der Waals surface area contributed by atoms with Crippen molar-refractivity contribution in [3.8, 4) is 0 Å². The lowest BCUT2D eigenvalue weighted by Gasteiger charge is -2.31. The molecule has 3 nitrogen and oxygen atoms in total. The summed E-state index contributed by atoms with van der Waals surface area (Å²) in [6, 6.07) is 4.61. The fourth-order valence-corrected chi connectivity index (χ4v) is 3.93. The molecule has 126 valence electrons. The molecule has 0 saturated heterocycles. The molecule has 1 amide bonds. The predicted molar refractivity (Wildman–Crippen MR) is 96.7 cm³/mol. The van der Waals surface area contributed by atoms with Gasteiger partial charge < -0.3 is 11.1 Å². The van der Waals surface area contributed by atoms with Gasteiger partial charge in [0.05, 0.1) is 0 Å². The van der Waals surface area contributed by atoms with Gasteiger partial charge in [-0.25, -0.2) is 0 Å². The Bertz CT molecular complexity index is 411. The molecule has 2 atom stereocenters. The molecule has 1 saturated carbocycles. The van der Waals surface area contributed by atoms with Gasteiger partial charge in [0.15, 0.2) is 0 Å². The number of unbranched alkanes of at least 4 members (excludes halogenated alkanes) is 2. The Labute approximate surface area is 144 Å². The number of hydrogen-bond acceptors (Lipinski definition) is 3. The fraction of sp³-hybridized carbons (Fsp3) is 0.706. The highest BCUT2D eigenvalue weighted by Gasteiger charge is 2.24. The lowest BCUT2D eigenvalue weighted by molar-refractivity contribution is -0.122. The summed E-state index contributed by atoms with van der Waals surface area (Å²) < 4.78 is 0. The Hall–Kier alpha value is -0.580. The summed E-state index contributed by atoms with van der Waals surface area (Å²) >= 11 is 1.82. The van der Waals surface area contributed by atoms with E-state index >= 15 is 0 Å². The lowest BCUT2D eigenvalue weighted by Crippen LogP contribution is -2.44. The van der Waals surface area contributed by atoms with Gasteiger partial charge in [-0.2, -0.15) is 0 Å². The Kier molecular flexibility index (Phi) is 9.76. The molecule has 1 aromatic heterocycles. The summed E-state index contributed by atoms with van der Waals surface area (Å²) in [5.41, 5.74) is 5.81. The third-order valence-corrected chi connectivity index (χ3v) is 5.40. The topological polar surface area (TPSA) is 55.1 Å². The van der Waals surface area contributed by atoms with Crippen molar-refractivity contribution >= 4 is 29.7 Å². The van der Waals surface area contributed by atoms with Crippen molar-refractivity contribution in [1.82, 2.24) is 5.32 Å². The van der Waals surface area contributed by atoms with Gasteiger partial charge in [-0.1, -0.05) is 25.3 Å². The average Bonchev–Trinajstić information content (AvgIpc) is 3.01. The Morgan fingerprint density at radius 2 is 2.09 bits per heavy atom. The van der Waals surface area contributed by atoms with E-state index in [1.54, 1.807) is 0 Å². The average molecular weight is 345 g/mol. The Morgan fingerprint density at radius 3 is 2.82 bits per heavy atom. The molecule has 0 spiro atoms. The van der Waals surface area contributed by atoms with Crippen LogP contribution >= 0.6 is 23.7 Å². The van der Waals surface area contributed by atoms with Crippen LogP contribution in [0.15, 0.2) is 17.5 Å². The van der Waals surface area contributed by atoms with E-state index in [9.17, 15) is 4.79 Å². The van der Waals surface area contributed by atoms with Crippen molar-refractivity contribution < 1.29 is 4.79 Å². The van der Waals surface area contributed by atoms with E-state index in [2.05, 4.69) is 22.8 Å². The minimum Gasteiger partial charge on any atom is -0.353 e. The maximum Gasteiger partial charge on any atom is 0.220 e. The van der Waals surface area contributed by atoms with Crippen LogP contribution in [0.5, 0.6) is 0 Å². The van der Waals surface area contributed by atoms with Gasteiger partial charge in [0.25, 0.3) is 0 Å². The first kappa shape index (κ1) is 19.5. The van der Waals surface area contributed by atoms with Crippen LogP contribution in [0.1, 0.15) is 56.2 Å². The number of halogens is 1. The van der Waals surface area contributed by atoms with Crippen LogP contribution in [0, 0.1) is 5.92 Å². The van der Waals surface area contributed by atoms with E-state index in [0.717, 1.165) is 25.7 Å². The van der Waals surface area contributed by atoms with E-state index in [1.165, 1.54) is 30.6 Å². The first-order valence-electron chi connectivity index (χ1n) is 8.31. The molecular formula is C17H29ClN2OS. The number of carbonyl (C=O) groups excluding carboxylic acids is 1. The maximum absolute atomic E-state index is 12.0. The van der Waals surface area contributed by atoms with Crippen LogP contribution in [0.2, 0.25) is 0 Å². The molecule has 3 N–H and O–H groups in total. The van der Waals surface area contributed by atoms with Gasteiger partial charge in [0, 0.05) is 17.3 Å². The smallest absolute Gasteiger partial charge is 0.220 e. The normalized spacial score (nSPS) is 21.1. The SMILES string of the molecule is Cl.NCC1CCCCC1NC(=O)CCCCCc1cccs1. The standard InChI is InChI=1S/C17H28N2OS.ClH/c18-13-14-7-4-5-10-16(14)19-17(20)11-3-1-2-8-15-9-6-12-21-15;/h6,9,12,14,16H,1-5,7-8,10-11,13,18H2,(H,19,20);1H. The molecule has 0 bridgehead atoms. The van der Waals surface area contributed by atoms with Crippen LogP contribution in [0.25, 0.3) is 0 Å². The van der Waals surface area contributed by atoms with Gasteiger partial charge in [0.2, 0.25) is 5.91 Å². The van der Waals surface area contributed by atoms with E-state index < -0.39 is 0 Å². The fourth-order valence-electron chi connectivity index (χ4n) is 3.18. The highest BCUT2D eigenvalue weighted by atomic mass is 35.5. The number of aryl methyl sites for hydroxylation is 1. The number of nitrogens with two attached hydrogens (primary N) is 1. The van der Waals surface area contributed by atoms with Crippen molar-refractivity contribution in [2.75, 3.05) is 6.54 Å². The van der Waals surface area contributed by atoms with Gasteiger partial charge in [-0.05, 0) is 56.0 Å². The summed E-state index contributed by atoms with van der Waals surface area (Å²) in [6.45, 7) is 0.700. The summed E-state index contributed by atoms with van der Waals surface area (Å²) in [6.07, 6.45) is 9.89. The van der Waals surface area contributed by atoms with Crippen LogP contribution in [-0.4, -0.2) is 18.5 Å². The third kappa shape index (κ3) is 6.67. The molecule has 2 unspecified atom stereocenters. The molecule has 1 aliphatic carbocycles. The first-order valence-corrected chi connectivity index (χ1v) is 9.19. The van der Waals surface area contributed by atoms with E-state index in [0.29, 0.717) is 24.9 Å². The molecule has 1 aliphatic rings. The van der Waals surface area contributed by atoms with E-state index in [-0.39, 0.29) is 18.3 Å². The van der Waals surface area contributed by atoms with Crippen molar-refractivity contribution in [3.63, 3.8) is 0 Å². The first-order chi connectivity index (χ1) is 10.3. The summed E-state index contributed by atoms with van der Waals surface area (Å²) in [5, 5.41) is 5.33. The van der Waals surface area contributed by atoms with Crippen molar-refractivity contribution in [1.29, 1.82) is 0 Å². The van der Waals surface area contributed by atoms with Gasteiger partial charge >= 0.3 is 0 Å². The number of carbonyl (C=O) groups is 1. The molecular weight excluding hydrogens is 316 g/mol. The largest absolute Gasteiger partial charge is 0.353 e. The summed E-state index contributed by atoms with van der Waals surface area (Å²) in [5.74, 6) is 0.706. The number of rotatable bonds is 8. The molecule has 0 aromatic carbocycles. The highest BCUT2D eigenvalue weighted by Crippen LogP contribution is 2.23. The summed E-state index contributed by atoms with van der Waals surface area (Å²) in [7, 11) is 0. The molecule has 0 aliphatic heterocycles.